The number of aryl methyl sites for hydroxylation is 1. The Morgan fingerprint density at radius 1 is 1.19 bits per heavy atom. The number of ether oxygens (including phenoxy) is 2. The summed E-state index contributed by atoms with van der Waals surface area (Å²) >= 11 is 1.80. The lowest BCUT2D eigenvalue weighted by atomic mass is 9.89. The minimum atomic E-state index is 0.661. The highest BCUT2D eigenvalue weighted by molar-refractivity contribution is 7.19. The maximum absolute atomic E-state index is 5.42. The summed E-state index contributed by atoms with van der Waals surface area (Å²) in [5.74, 6) is 2.71. The van der Waals surface area contributed by atoms with Crippen molar-refractivity contribution >= 4 is 27.2 Å². The maximum Gasteiger partial charge on any atom is 0.182 e. The van der Waals surface area contributed by atoms with Gasteiger partial charge in [0, 0.05) is 10.4 Å². The van der Waals surface area contributed by atoms with Crippen molar-refractivity contribution in [3.05, 3.63) is 35.0 Å². The second kappa shape index (κ2) is 6.20. The molecule has 0 bridgehead atoms. The molecule has 4 aromatic rings. The Kier molecular flexibility index (Phi) is 3.79. The number of nitrogens with zero attached hydrogens (tertiary/aromatic N) is 4. The van der Waals surface area contributed by atoms with Crippen LogP contribution in [0.5, 0.6) is 11.5 Å². The van der Waals surface area contributed by atoms with Crippen LogP contribution in [0.25, 0.3) is 27.3 Å². The third-order valence-corrected chi connectivity index (χ3v) is 6.47. The molecule has 1 atom stereocenters. The summed E-state index contributed by atoms with van der Waals surface area (Å²) in [6, 6.07) is 5.73. The highest BCUT2D eigenvalue weighted by atomic mass is 32.1. The molecule has 138 valence electrons. The normalized spacial score (nSPS) is 16.6. The lowest BCUT2D eigenvalue weighted by Gasteiger charge is -2.17. The van der Waals surface area contributed by atoms with Gasteiger partial charge in [-0.25, -0.2) is 14.5 Å². The van der Waals surface area contributed by atoms with E-state index in [2.05, 4.69) is 17.0 Å². The van der Waals surface area contributed by atoms with Crippen LogP contribution in [0, 0.1) is 5.92 Å². The van der Waals surface area contributed by atoms with Gasteiger partial charge in [-0.3, -0.25) is 0 Å². The Balaban J connectivity index is 1.70. The summed E-state index contributed by atoms with van der Waals surface area (Å²) in [4.78, 5) is 12.0. The van der Waals surface area contributed by atoms with Crippen molar-refractivity contribution in [2.45, 2.75) is 26.2 Å². The zero-order valence-corrected chi connectivity index (χ0v) is 16.3. The Morgan fingerprint density at radius 2 is 2.04 bits per heavy atom. The van der Waals surface area contributed by atoms with Gasteiger partial charge in [-0.05, 0) is 48.9 Å². The minimum absolute atomic E-state index is 0.661. The molecule has 7 heteroatoms. The standard InChI is InChI=1S/C20H20N4O2S/c1-11-4-7-16-13(8-11)17-19-22-18(23-24(19)10-21-20(17)27-16)12-5-6-14(25-2)15(9-12)26-3/h5-6,9-11H,4,7-8H2,1-3H3/t11-/m0/s1. The first kappa shape index (κ1) is 16.5. The zero-order chi connectivity index (χ0) is 18.5. The van der Waals surface area contributed by atoms with E-state index >= 15 is 0 Å². The molecule has 0 unspecified atom stereocenters. The van der Waals surface area contributed by atoms with Crippen molar-refractivity contribution in [2.24, 2.45) is 5.92 Å². The number of aromatic nitrogens is 4. The molecular weight excluding hydrogens is 360 g/mol. The number of methoxy groups -OCH3 is 2. The molecule has 0 saturated carbocycles. The SMILES string of the molecule is COc1ccc(-c2nc3c4c5c(sc4ncn3n2)CC[C@H](C)C5)cc1OC. The summed E-state index contributed by atoms with van der Waals surface area (Å²) in [7, 11) is 3.26. The summed E-state index contributed by atoms with van der Waals surface area (Å²) in [6.45, 7) is 2.32. The van der Waals surface area contributed by atoms with E-state index in [0.29, 0.717) is 23.2 Å². The molecule has 3 heterocycles. The fourth-order valence-electron chi connectivity index (χ4n) is 3.84. The smallest absolute Gasteiger partial charge is 0.182 e. The number of thiophene rings is 1. The molecule has 3 aromatic heterocycles. The topological polar surface area (TPSA) is 61.5 Å². The summed E-state index contributed by atoms with van der Waals surface area (Å²) in [5.41, 5.74) is 3.19. The van der Waals surface area contributed by atoms with E-state index in [1.807, 2.05) is 18.2 Å². The number of rotatable bonds is 3. The monoisotopic (exact) mass is 380 g/mol. The van der Waals surface area contributed by atoms with E-state index in [0.717, 1.165) is 28.9 Å². The molecule has 0 radical (unpaired) electrons. The predicted octanol–water partition coefficient (Wildman–Crippen LogP) is 4.15. The van der Waals surface area contributed by atoms with Crippen LogP contribution in [0.1, 0.15) is 23.8 Å². The average Bonchev–Trinajstić information content (AvgIpc) is 3.28. The molecule has 1 aromatic carbocycles. The van der Waals surface area contributed by atoms with E-state index in [4.69, 9.17) is 14.5 Å². The summed E-state index contributed by atoms with van der Waals surface area (Å²) in [6.07, 6.45) is 5.25. The lowest BCUT2D eigenvalue weighted by Crippen LogP contribution is -2.09. The van der Waals surface area contributed by atoms with Gasteiger partial charge < -0.3 is 9.47 Å². The molecule has 6 nitrogen and oxygen atoms in total. The molecule has 27 heavy (non-hydrogen) atoms. The van der Waals surface area contributed by atoms with Gasteiger partial charge >= 0.3 is 0 Å². The van der Waals surface area contributed by atoms with Crippen LogP contribution in [0.4, 0.5) is 0 Å². The minimum Gasteiger partial charge on any atom is -0.493 e. The van der Waals surface area contributed by atoms with E-state index in [9.17, 15) is 0 Å². The molecule has 0 saturated heterocycles. The van der Waals surface area contributed by atoms with Crippen LogP contribution in [-0.4, -0.2) is 33.8 Å². The van der Waals surface area contributed by atoms with Crippen LogP contribution >= 0.6 is 11.3 Å². The van der Waals surface area contributed by atoms with Gasteiger partial charge in [0.2, 0.25) is 0 Å². The average molecular weight is 380 g/mol. The third-order valence-electron chi connectivity index (χ3n) is 5.27. The van der Waals surface area contributed by atoms with Gasteiger partial charge in [-0.1, -0.05) is 6.92 Å². The summed E-state index contributed by atoms with van der Waals surface area (Å²) < 4.78 is 12.5. The molecule has 1 aliphatic rings. The Hall–Kier alpha value is -2.67. The third kappa shape index (κ3) is 2.56. The van der Waals surface area contributed by atoms with Gasteiger partial charge in [0.25, 0.3) is 0 Å². The fraction of sp³-hybridized carbons (Fsp3) is 0.350. The van der Waals surface area contributed by atoms with E-state index in [1.165, 1.54) is 22.2 Å². The van der Waals surface area contributed by atoms with Crippen molar-refractivity contribution in [3.8, 4) is 22.9 Å². The number of hydrogen-bond donors (Lipinski definition) is 0. The fourth-order valence-corrected chi connectivity index (χ4v) is 5.02. The Bertz CT molecular complexity index is 1160. The van der Waals surface area contributed by atoms with Gasteiger partial charge in [-0.2, -0.15) is 0 Å². The predicted molar refractivity (Wildman–Crippen MR) is 106 cm³/mol. The number of fused-ring (bicyclic) bond motifs is 5. The van der Waals surface area contributed by atoms with Gasteiger partial charge in [0.1, 0.15) is 11.2 Å². The quantitative estimate of drug-likeness (QED) is 0.534. The van der Waals surface area contributed by atoms with Crippen LogP contribution in [0.2, 0.25) is 0 Å². The maximum atomic E-state index is 5.42. The number of benzene rings is 1. The molecule has 5 rings (SSSR count). The van der Waals surface area contributed by atoms with Crippen LogP contribution in [-0.2, 0) is 12.8 Å². The largest absolute Gasteiger partial charge is 0.493 e. The van der Waals surface area contributed by atoms with Crippen LogP contribution in [0.15, 0.2) is 24.5 Å². The van der Waals surface area contributed by atoms with E-state index in [1.54, 1.807) is 36.4 Å². The highest BCUT2D eigenvalue weighted by Crippen LogP contribution is 2.39. The van der Waals surface area contributed by atoms with Crippen molar-refractivity contribution in [3.63, 3.8) is 0 Å². The second-order valence-electron chi connectivity index (χ2n) is 7.05. The highest BCUT2D eigenvalue weighted by Gasteiger charge is 2.24. The number of hydrogen-bond acceptors (Lipinski definition) is 6. The lowest BCUT2D eigenvalue weighted by molar-refractivity contribution is 0.355. The van der Waals surface area contributed by atoms with Crippen molar-refractivity contribution in [1.82, 2.24) is 19.6 Å². The van der Waals surface area contributed by atoms with Crippen molar-refractivity contribution < 1.29 is 9.47 Å². The molecule has 0 amide bonds. The van der Waals surface area contributed by atoms with Crippen molar-refractivity contribution in [2.75, 3.05) is 14.2 Å². The summed E-state index contributed by atoms with van der Waals surface area (Å²) in [5, 5.41) is 5.83. The second-order valence-corrected chi connectivity index (χ2v) is 8.13. The van der Waals surface area contributed by atoms with E-state index < -0.39 is 0 Å². The van der Waals surface area contributed by atoms with Gasteiger partial charge in [-0.15, -0.1) is 16.4 Å². The Labute approximate surface area is 160 Å². The molecule has 0 fully saturated rings. The Morgan fingerprint density at radius 3 is 2.85 bits per heavy atom. The van der Waals surface area contributed by atoms with Crippen molar-refractivity contribution in [1.29, 1.82) is 0 Å². The van der Waals surface area contributed by atoms with Crippen LogP contribution < -0.4 is 9.47 Å². The molecule has 0 aliphatic heterocycles. The first-order valence-electron chi connectivity index (χ1n) is 9.06. The molecule has 0 spiro atoms. The zero-order valence-electron chi connectivity index (χ0n) is 15.5. The van der Waals surface area contributed by atoms with Crippen LogP contribution in [0.3, 0.4) is 0 Å². The molecular formula is C20H20N4O2S. The molecule has 1 aliphatic carbocycles. The molecule has 0 N–H and O–H groups in total. The first-order chi connectivity index (χ1) is 13.2. The van der Waals surface area contributed by atoms with E-state index in [-0.39, 0.29) is 0 Å². The first-order valence-corrected chi connectivity index (χ1v) is 9.87. The van der Waals surface area contributed by atoms with Gasteiger partial charge in [0.05, 0.1) is 19.6 Å². The van der Waals surface area contributed by atoms with Gasteiger partial charge in [0.15, 0.2) is 23.0 Å².